The fourth-order valence-electron chi connectivity index (χ4n) is 22.1. The van der Waals surface area contributed by atoms with Crippen LogP contribution in [0.2, 0.25) is 0 Å². The molecule has 12 bridgehead atoms. The second kappa shape index (κ2) is 42.5. The third-order valence-electron chi connectivity index (χ3n) is 28.9. The largest absolute Gasteiger partial charge is 0.504 e. The van der Waals surface area contributed by atoms with E-state index in [1.54, 1.807) is 37.2 Å². The van der Waals surface area contributed by atoms with Gasteiger partial charge in [0.2, 0.25) is 0 Å². The lowest BCUT2D eigenvalue weighted by Gasteiger charge is -2.43. The molecule has 0 amide bonds. The first-order chi connectivity index (χ1) is 67.9. The highest BCUT2D eigenvalue weighted by molar-refractivity contribution is 5.98. The highest BCUT2D eigenvalue weighted by Crippen LogP contribution is 2.65. The number of rotatable bonds is 36. The van der Waals surface area contributed by atoms with Crippen molar-refractivity contribution in [1.82, 2.24) is 29.9 Å². The molecule has 0 aliphatic heterocycles. The molecular formula is C120H126N6O12. The van der Waals surface area contributed by atoms with Crippen LogP contribution in [0.25, 0.3) is 65.4 Å². The number of ether oxygens (including phenoxy) is 6. The number of benzene rings is 12. The molecule has 0 unspecified atom stereocenters. The molecule has 0 fully saturated rings. The van der Waals surface area contributed by atoms with Gasteiger partial charge in [-0.1, -0.05) is 303 Å². The van der Waals surface area contributed by atoms with Crippen molar-refractivity contribution in [3.05, 3.63) is 319 Å². The molecule has 0 spiro atoms. The molecule has 4 heterocycles. The summed E-state index contributed by atoms with van der Waals surface area (Å²) in [5, 5.41) is 82.9. The standard InChI is InChI=1S/C120H126N6O12/c1-7-13-19-37-55-133-97-61-91-92(62-98(97)134-56-38-20-14-8-2)122-68-86-110-104-77-47-29-31-49-79(77)106(80-50-32-30-48-78(80)104)112(110)88(118(130)116(86)128)70-124-95-65-101(137-59-41-23-17-11-5)102(138-60-42-24-18-12-6)66-96(95)126-72-90-114-108-83-53-35-33-51-81(83)107(82-52-34-36-54-84(82)108)113(114)89(119(131)120(90)132)71-125-94-64-100(136-58-40-22-16-10-4)99(135-57-39-21-15-9-3)63-93(94)123-69-87-111-105-75-45-27-25-43-73(75)103(74-44-26-28-46-76(74)105)109(111)85(67-121-91)115(127)117(87)129/h25-36,43-54,61-72,103-108,127-132H,7-24,37-42,55-60H2,1-6H3. The number of phenolic OH excluding ortho intramolecular Hbond substituents is 6. The van der Waals surface area contributed by atoms with Gasteiger partial charge in [-0.2, -0.15) is 0 Å². The Labute approximate surface area is 808 Å². The molecule has 138 heavy (non-hydrogen) atoms. The number of phenols is 6. The predicted octanol–water partition coefficient (Wildman–Crippen LogP) is 29.0. The van der Waals surface area contributed by atoms with Crippen molar-refractivity contribution in [1.29, 1.82) is 0 Å². The fraction of sp³-hybridized carbons (Fsp3) is 0.350. The Balaban J connectivity index is 0.974. The molecule has 708 valence electrons. The van der Waals surface area contributed by atoms with Crippen LogP contribution >= 0.6 is 0 Å². The third-order valence-corrected chi connectivity index (χ3v) is 28.9. The van der Waals surface area contributed by atoms with Crippen molar-refractivity contribution in [3.8, 4) is 69.0 Å². The number of aromatic hydroxyl groups is 6. The van der Waals surface area contributed by atoms with Crippen LogP contribution in [0.15, 0.2) is 219 Å². The number of nitrogens with zero attached hydrogens (tertiary/aromatic N) is 6. The lowest BCUT2D eigenvalue weighted by atomic mass is 9.60. The van der Waals surface area contributed by atoms with E-state index in [2.05, 4.69) is 114 Å². The molecule has 0 saturated carbocycles. The Morgan fingerprint density at radius 3 is 0.442 bits per heavy atom. The van der Waals surface area contributed by atoms with Crippen LogP contribution in [0.3, 0.4) is 0 Å². The second-order valence-electron chi connectivity index (χ2n) is 37.8. The summed E-state index contributed by atoms with van der Waals surface area (Å²) in [7, 11) is 0. The average Bonchev–Trinajstić information content (AvgIpc) is 0.696. The molecule has 0 radical (unpaired) electrons. The predicted molar refractivity (Wildman–Crippen MR) is 550 cm³/mol. The van der Waals surface area contributed by atoms with E-state index < -0.39 is 70.0 Å². The van der Waals surface area contributed by atoms with E-state index in [1.807, 2.05) is 109 Å². The minimum absolute atomic E-state index is 0.265. The summed E-state index contributed by atoms with van der Waals surface area (Å²) in [4.78, 5) is 32.9. The van der Waals surface area contributed by atoms with E-state index in [-0.39, 0.29) is 32.3 Å². The normalized spacial score (nSPS) is 15.8. The smallest absolute Gasteiger partial charge is 0.167 e. The maximum Gasteiger partial charge on any atom is 0.167 e. The molecule has 9 aliphatic rings. The Bertz CT molecular complexity index is 5920. The van der Waals surface area contributed by atoms with E-state index in [0.717, 1.165) is 221 Å². The fourth-order valence-corrected chi connectivity index (χ4v) is 22.1. The summed E-state index contributed by atoms with van der Waals surface area (Å²) in [6.45, 7) is 15.4. The van der Waals surface area contributed by atoms with Crippen LogP contribution < -0.4 is 28.4 Å². The van der Waals surface area contributed by atoms with Crippen molar-refractivity contribution < 1.29 is 59.1 Å². The molecule has 25 rings (SSSR count). The molecule has 4 aromatic heterocycles. The van der Waals surface area contributed by atoms with E-state index in [1.165, 1.54) is 0 Å². The molecule has 0 saturated heterocycles. The van der Waals surface area contributed by atoms with Gasteiger partial charge in [0.05, 0.1) is 72.7 Å². The third kappa shape index (κ3) is 18.0. The number of hydrogen-bond acceptors (Lipinski definition) is 18. The van der Waals surface area contributed by atoms with E-state index in [4.69, 9.17) is 58.3 Å². The zero-order valence-corrected chi connectivity index (χ0v) is 80.3. The first kappa shape index (κ1) is 93.3. The monoisotopic (exact) mass is 1840 g/mol. The van der Waals surface area contributed by atoms with E-state index in [9.17, 15) is 30.6 Å². The van der Waals surface area contributed by atoms with Crippen molar-refractivity contribution >= 4 is 65.4 Å². The second-order valence-corrected chi connectivity index (χ2v) is 37.8. The zero-order chi connectivity index (χ0) is 94.9. The number of aromatic nitrogens is 6. The zero-order valence-electron chi connectivity index (χ0n) is 80.3. The Hall–Kier alpha value is -13.7. The maximum atomic E-state index is 13.5. The molecule has 0 atom stereocenters. The quantitative estimate of drug-likeness (QED) is 0.0158. The molecule has 16 aromatic rings. The molecule has 12 aromatic carbocycles. The van der Waals surface area contributed by atoms with Gasteiger partial charge in [0, 0.05) is 141 Å². The average molecular weight is 1840 g/mol. The topological polar surface area (TPSA) is 254 Å². The lowest BCUT2D eigenvalue weighted by Crippen LogP contribution is -2.28. The van der Waals surface area contributed by atoms with Gasteiger partial charge in [-0.25, -0.2) is 0 Å². The van der Waals surface area contributed by atoms with Crippen LogP contribution in [-0.4, -0.2) is 100 Å². The summed E-state index contributed by atoms with van der Waals surface area (Å²) in [6, 6.07) is 61.3. The van der Waals surface area contributed by atoms with Crippen molar-refractivity contribution in [2.45, 2.75) is 231 Å². The summed E-state index contributed by atoms with van der Waals surface area (Å²) in [6.07, 6.45) is 32.7. The molecular weight excluding hydrogens is 1720 g/mol. The first-order valence-corrected chi connectivity index (χ1v) is 50.8. The summed E-state index contributed by atoms with van der Waals surface area (Å²) < 4.78 is 41.1. The lowest BCUT2D eigenvalue weighted by molar-refractivity contribution is 0.259. The molecule has 9 aliphatic carbocycles. The SMILES string of the molecule is CCCCCCOc1cc2ncc3c(O)c(O)c(cnc4cc(OCCCCCC)c(OCCCCCC)cc4ncc4c(O)c(O)c(cnc5cc(OCCCCCC)c(OCCCCCC)cc5ncc5c(O)c(O)c(cnc2cc1OCCCCCC)c1c5C2c5ccccc5C1c1ccccc12)c1c4C2c4ccccc4C1c1ccccc12)c1c3C2c3ccccc3C1c1ccccc12. The number of hydrogen-bond donors (Lipinski definition) is 6. The Morgan fingerprint density at radius 1 is 0.188 bits per heavy atom. The van der Waals surface area contributed by atoms with Crippen LogP contribution in [-0.2, 0) is 0 Å². The molecule has 18 nitrogen and oxygen atoms in total. The van der Waals surface area contributed by atoms with Crippen molar-refractivity contribution in [3.63, 3.8) is 0 Å². The number of unbranched alkanes of at least 4 members (excludes halogenated alkanes) is 18. The summed E-state index contributed by atoms with van der Waals surface area (Å²) in [5.74, 6) is -2.96. The van der Waals surface area contributed by atoms with Crippen LogP contribution in [0, 0.1) is 0 Å². The van der Waals surface area contributed by atoms with Gasteiger partial charge in [0.15, 0.2) is 69.0 Å². The Kier molecular flexibility index (Phi) is 28.7. The highest BCUT2D eigenvalue weighted by atomic mass is 16.5. The van der Waals surface area contributed by atoms with Gasteiger partial charge < -0.3 is 59.1 Å². The van der Waals surface area contributed by atoms with Crippen LogP contribution in [0.5, 0.6) is 69.0 Å². The van der Waals surface area contributed by atoms with Gasteiger partial charge in [-0.05, 0) is 139 Å². The Morgan fingerprint density at radius 2 is 0.319 bits per heavy atom. The summed E-state index contributed by atoms with van der Waals surface area (Å²) in [5.41, 5.74) is 18.5. The molecule has 18 heteroatoms. The van der Waals surface area contributed by atoms with Gasteiger partial charge in [-0.3, -0.25) is 29.9 Å². The highest BCUT2D eigenvalue weighted by Gasteiger charge is 2.48. The van der Waals surface area contributed by atoms with Crippen LogP contribution in [0.1, 0.15) is 331 Å². The minimum atomic E-state index is -0.498. The van der Waals surface area contributed by atoms with Crippen LogP contribution in [0.4, 0.5) is 0 Å². The van der Waals surface area contributed by atoms with Crippen molar-refractivity contribution in [2.24, 2.45) is 0 Å². The first-order valence-electron chi connectivity index (χ1n) is 50.8. The van der Waals surface area contributed by atoms with Gasteiger partial charge in [0.1, 0.15) is 0 Å². The van der Waals surface area contributed by atoms with Crippen molar-refractivity contribution in [2.75, 3.05) is 39.6 Å². The van der Waals surface area contributed by atoms with E-state index >= 15 is 0 Å². The van der Waals surface area contributed by atoms with Gasteiger partial charge >= 0.3 is 0 Å². The molecule has 6 N–H and O–H groups in total. The maximum absolute atomic E-state index is 13.5. The van der Waals surface area contributed by atoms with E-state index in [0.29, 0.717) is 141 Å². The minimum Gasteiger partial charge on any atom is -0.504 e. The summed E-state index contributed by atoms with van der Waals surface area (Å²) >= 11 is 0. The van der Waals surface area contributed by atoms with Gasteiger partial charge in [0.25, 0.3) is 0 Å². The van der Waals surface area contributed by atoms with Gasteiger partial charge in [-0.15, -0.1) is 0 Å².